The van der Waals surface area contributed by atoms with Gasteiger partial charge in [0, 0.05) is 18.1 Å². The number of nitrogens with one attached hydrogen (secondary N) is 1. The maximum Gasteiger partial charge on any atom is 0.244 e. The first-order valence-corrected chi connectivity index (χ1v) is 12.5. The fourth-order valence-electron chi connectivity index (χ4n) is 2.87. The maximum atomic E-state index is 13.2. The molecule has 0 saturated heterocycles. The summed E-state index contributed by atoms with van der Waals surface area (Å²) in [6.45, 7) is 1.14. The molecule has 0 bridgehead atoms. The first-order chi connectivity index (χ1) is 14.4. The highest BCUT2D eigenvalue weighted by Crippen LogP contribution is 2.25. The molecule has 0 spiro atoms. The van der Waals surface area contributed by atoms with Gasteiger partial charge in [0.25, 0.3) is 0 Å². The smallest absolute Gasteiger partial charge is 0.244 e. The predicted octanol–water partition coefficient (Wildman–Crippen LogP) is 3.69. The summed E-state index contributed by atoms with van der Waals surface area (Å²) < 4.78 is 26.5. The number of hydrogen-bond acceptors (Lipinski definition) is 4. The Morgan fingerprint density at radius 2 is 1.81 bits per heavy atom. The average Bonchev–Trinajstić information content (AvgIpc) is 2.70. The van der Waals surface area contributed by atoms with Gasteiger partial charge >= 0.3 is 0 Å². The van der Waals surface area contributed by atoms with E-state index in [2.05, 4.69) is 21.2 Å². The molecule has 0 fully saturated rings. The lowest BCUT2D eigenvalue weighted by molar-refractivity contribution is -0.139. The second-order valence-electron chi connectivity index (χ2n) is 6.81. The van der Waals surface area contributed by atoms with Crippen LogP contribution in [0.5, 0.6) is 0 Å². The summed E-state index contributed by atoms with van der Waals surface area (Å²) in [6, 6.07) is 10.6. The first kappa shape index (κ1) is 25.5. The molecule has 1 atom stereocenters. The van der Waals surface area contributed by atoms with E-state index >= 15 is 0 Å². The highest BCUT2D eigenvalue weighted by molar-refractivity contribution is 9.10. The van der Waals surface area contributed by atoms with Gasteiger partial charge in [-0.2, -0.15) is 0 Å². The number of carbonyl (C=O) groups is 2. The maximum absolute atomic E-state index is 13.2. The van der Waals surface area contributed by atoms with Crippen molar-refractivity contribution in [2.45, 2.75) is 19.5 Å². The van der Waals surface area contributed by atoms with Crippen molar-refractivity contribution in [1.82, 2.24) is 10.2 Å². The number of anilines is 1. The Bertz CT molecular complexity index is 1080. The van der Waals surface area contributed by atoms with Crippen molar-refractivity contribution in [2.75, 3.05) is 24.2 Å². The highest BCUT2D eigenvalue weighted by Gasteiger charge is 2.29. The second kappa shape index (κ2) is 10.7. The number of nitrogens with zero attached hydrogens (tertiary/aromatic N) is 2. The lowest BCUT2D eigenvalue weighted by atomic mass is 10.1. The van der Waals surface area contributed by atoms with Gasteiger partial charge in [-0.15, -0.1) is 0 Å². The van der Waals surface area contributed by atoms with E-state index in [-0.39, 0.29) is 12.5 Å². The van der Waals surface area contributed by atoms with E-state index in [1.54, 1.807) is 49.4 Å². The molecule has 2 aromatic carbocycles. The van der Waals surface area contributed by atoms with Crippen LogP contribution in [0.15, 0.2) is 46.9 Å². The highest BCUT2D eigenvalue weighted by atomic mass is 79.9. The standard InChI is InChI=1S/C20H22BrCl2N3O4S/c1-13(20(28)24-2)25(11-14-7-8-17(22)18(23)9-14)19(27)12-26(31(3,29)30)16-6-4-5-15(21)10-16/h4-10,13H,11-12H2,1-3H3,(H,24,28)/t13-/m1/s1. The molecule has 0 aliphatic heterocycles. The second-order valence-corrected chi connectivity index (χ2v) is 10.4. The van der Waals surface area contributed by atoms with E-state index < -0.39 is 28.5 Å². The molecule has 2 rings (SSSR count). The predicted molar refractivity (Wildman–Crippen MR) is 127 cm³/mol. The summed E-state index contributed by atoms with van der Waals surface area (Å²) in [5.41, 5.74) is 0.971. The Morgan fingerprint density at radius 1 is 1.13 bits per heavy atom. The zero-order valence-electron chi connectivity index (χ0n) is 17.1. The minimum Gasteiger partial charge on any atom is -0.357 e. The number of hydrogen-bond donors (Lipinski definition) is 1. The summed E-state index contributed by atoms with van der Waals surface area (Å²) in [5, 5.41) is 3.18. The average molecular weight is 551 g/mol. The van der Waals surface area contributed by atoms with E-state index in [0.717, 1.165) is 10.6 Å². The lowest BCUT2D eigenvalue weighted by Gasteiger charge is -2.31. The number of amides is 2. The summed E-state index contributed by atoms with van der Waals surface area (Å²) in [4.78, 5) is 26.8. The molecule has 0 radical (unpaired) electrons. The van der Waals surface area contributed by atoms with Gasteiger partial charge in [0.2, 0.25) is 21.8 Å². The summed E-state index contributed by atoms with van der Waals surface area (Å²) in [6.07, 6.45) is 1.02. The van der Waals surface area contributed by atoms with Gasteiger partial charge in [0.05, 0.1) is 22.0 Å². The molecule has 0 unspecified atom stereocenters. The van der Waals surface area contributed by atoms with Gasteiger partial charge in [-0.25, -0.2) is 8.42 Å². The van der Waals surface area contributed by atoms with Crippen molar-refractivity contribution < 1.29 is 18.0 Å². The minimum atomic E-state index is -3.77. The van der Waals surface area contributed by atoms with Gasteiger partial charge in [0.15, 0.2) is 0 Å². The molecular weight excluding hydrogens is 529 g/mol. The van der Waals surface area contributed by atoms with Crippen LogP contribution in [-0.4, -0.2) is 51.0 Å². The van der Waals surface area contributed by atoms with E-state index in [9.17, 15) is 18.0 Å². The fraction of sp³-hybridized carbons (Fsp3) is 0.300. The summed E-state index contributed by atoms with van der Waals surface area (Å²) in [7, 11) is -2.31. The molecule has 7 nitrogen and oxygen atoms in total. The topological polar surface area (TPSA) is 86.8 Å². The van der Waals surface area contributed by atoms with Crippen LogP contribution in [-0.2, 0) is 26.2 Å². The quantitative estimate of drug-likeness (QED) is 0.543. The van der Waals surface area contributed by atoms with Crippen LogP contribution in [0.2, 0.25) is 10.0 Å². The molecule has 0 aliphatic rings. The number of benzene rings is 2. The molecule has 168 valence electrons. The largest absolute Gasteiger partial charge is 0.357 e. The molecule has 1 N–H and O–H groups in total. The van der Waals surface area contributed by atoms with Gasteiger partial charge in [-0.1, -0.05) is 51.3 Å². The number of sulfonamides is 1. The fourth-order valence-corrected chi connectivity index (χ4v) is 4.42. The molecule has 11 heteroatoms. The number of likely N-dealkylation sites (N-methyl/N-ethyl adjacent to an activating group) is 1. The van der Waals surface area contributed by atoms with E-state index in [0.29, 0.717) is 25.8 Å². The van der Waals surface area contributed by atoms with Crippen LogP contribution in [0.3, 0.4) is 0 Å². The molecule has 0 aliphatic carbocycles. The van der Waals surface area contributed by atoms with Crippen molar-refractivity contribution in [3.63, 3.8) is 0 Å². The zero-order valence-corrected chi connectivity index (χ0v) is 21.0. The Morgan fingerprint density at radius 3 is 2.35 bits per heavy atom. The third-order valence-corrected chi connectivity index (χ3v) is 6.90. The van der Waals surface area contributed by atoms with Gasteiger partial charge in [-0.05, 0) is 42.8 Å². The monoisotopic (exact) mass is 549 g/mol. The normalized spacial score (nSPS) is 12.2. The van der Waals surface area contributed by atoms with Crippen molar-refractivity contribution >= 4 is 66.7 Å². The number of rotatable bonds is 8. The lowest BCUT2D eigenvalue weighted by Crippen LogP contribution is -2.50. The van der Waals surface area contributed by atoms with E-state index in [1.807, 2.05) is 0 Å². The summed E-state index contributed by atoms with van der Waals surface area (Å²) >= 11 is 15.3. The number of halogens is 3. The van der Waals surface area contributed by atoms with E-state index in [4.69, 9.17) is 23.2 Å². The van der Waals surface area contributed by atoms with E-state index in [1.165, 1.54) is 11.9 Å². The Balaban J connectivity index is 2.40. The molecular formula is C20H22BrCl2N3O4S. The van der Waals surface area contributed by atoms with Crippen LogP contribution in [0.1, 0.15) is 12.5 Å². The van der Waals surface area contributed by atoms with Crippen LogP contribution in [0.4, 0.5) is 5.69 Å². The number of carbonyl (C=O) groups excluding carboxylic acids is 2. The zero-order chi connectivity index (χ0) is 23.3. The molecule has 0 aromatic heterocycles. The third kappa shape index (κ3) is 6.83. The van der Waals surface area contributed by atoms with Crippen molar-refractivity contribution in [2.24, 2.45) is 0 Å². The van der Waals surface area contributed by atoms with Crippen molar-refractivity contribution in [3.8, 4) is 0 Å². The first-order valence-electron chi connectivity index (χ1n) is 9.12. The van der Waals surface area contributed by atoms with Crippen LogP contribution >= 0.6 is 39.1 Å². The Kier molecular flexibility index (Phi) is 8.76. The molecule has 2 amide bonds. The molecule has 31 heavy (non-hydrogen) atoms. The molecule has 2 aromatic rings. The molecule has 0 saturated carbocycles. The Hall–Kier alpha value is -1.81. The van der Waals surface area contributed by atoms with Crippen LogP contribution in [0, 0.1) is 0 Å². The Labute approximate surface area is 200 Å². The van der Waals surface area contributed by atoms with Crippen LogP contribution < -0.4 is 9.62 Å². The van der Waals surface area contributed by atoms with Crippen molar-refractivity contribution in [1.29, 1.82) is 0 Å². The van der Waals surface area contributed by atoms with Gasteiger partial charge < -0.3 is 10.2 Å². The van der Waals surface area contributed by atoms with Crippen LogP contribution in [0.25, 0.3) is 0 Å². The summed E-state index contributed by atoms with van der Waals surface area (Å²) in [5.74, 6) is -0.936. The van der Waals surface area contributed by atoms with Gasteiger partial charge in [-0.3, -0.25) is 13.9 Å². The molecule has 0 heterocycles. The van der Waals surface area contributed by atoms with Gasteiger partial charge in [0.1, 0.15) is 12.6 Å². The SMILES string of the molecule is CNC(=O)[C@@H](C)N(Cc1ccc(Cl)c(Cl)c1)C(=O)CN(c1cccc(Br)c1)S(C)(=O)=O. The minimum absolute atomic E-state index is 0.0421. The third-order valence-electron chi connectivity index (χ3n) is 4.53. The van der Waals surface area contributed by atoms with Crippen molar-refractivity contribution in [3.05, 3.63) is 62.5 Å².